The third-order valence-electron chi connectivity index (χ3n) is 1.27. The van der Waals surface area contributed by atoms with Crippen molar-refractivity contribution in [3.05, 3.63) is 17.9 Å². The fourth-order valence-corrected chi connectivity index (χ4v) is 0.816. The second-order valence-electron chi connectivity index (χ2n) is 2.15. The van der Waals surface area contributed by atoms with E-state index in [-0.39, 0.29) is 0 Å². The Morgan fingerprint density at radius 3 is 2.67 bits per heavy atom. The Morgan fingerprint density at radius 1 is 1.56 bits per heavy atom. The van der Waals surface area contributed by atoms with Crippen molar-refractivity contribution in [2.24, 2.45) is 0 Å². The molecule has 0 N–H and O–H groups in total. The van der Waals surface area contributed by atoms with Crippen molar-refractivity contribution in [1.82, 2.24) is 0 Å². The highest BCUT2D eigenvalue weighted by atomic mass is 32.1. The summed E-state index contributed by atoms with van der Waals surface area (Å²) in [6.45, 7) is 5.83. The topological polar surface area (TPSA) is 0 Å². The number of rotatable bonds is 5. The molecule has 0 heterocycles. The molecule has 0 bridgehead atoms. The molecule has 0 saturated heterocycles. The van der Waals surface area contributed by atoms with Gasteiger partial charge in [0.25, 0.3) is 0 Å². The van der Waals surface area contributed by atoms with E-state index < -0.39 is 0 Å². The maximum Gasteiger partial charge on any atom is 0.0485 e. The van der Waals surface area contributed by atoms with Gasteiger partial charge in [0.2, 0.25) is 0 Å². The molecule has 0 unspecified atom stereocenters. The van der Waals surface area contributed by atoms with Crippen LogP contribution in [0.25, 0.3) is 0 Å². The van der Waals surface area contributed by atoms with E-state index in [9.17, 15) is 0 Å². The first-order chi connectivity index (χ1) is 4.31. The second-order valence-corrected chi connectivity index (χ2v) is 2.73. The zero-order valence-electron chi connectivity index (χ0n) is 6.06. The van der Waals surface area contributed by atoms with Gasteiger partial charge in [-0.2, -0.15) is 12.6 Å². The van der Waals surface area contributed by atoms with Gasteiger partial charge in [-0.05, 0) is 6.42 Å². The van der Waals surface area contributed by atoms with Crippen molar-refractivity contribution in [2.75, 3.05) is 0 Å². The Hall–Kier alpha value is 0.0900. The van der Waals surface area contributed by atoms with Crippen LogP contribution in [0.15, 0.2) is 12.7 Å². The standard InChI is InChI=1S/C8H15S/c1-3-5-6-7-8(9)4-2/h4,9H,2-3,5-7H2,1H3. The van der Waals surface area contributed by atoms with Crippen LogP contribution in [0.2, 0.25) is 0 Å². The smallest absolute Gasteiger partial charge is 0.0485 e. The van der Waals surface area contributed by atoms with Crippen molar-refractivity contribution < 1.29 is 0 Å². The lowest BCUT2D eigenvalue weighted by Crippen LogP contribution is -1.81. The summed E-state index contributed by atoms with van der Waals surface area (Å²) in [5.41, 5.74) is 0. The van der Waals surface area contributed by atoms with Crippen molar-refractivity contribution in [3.63, 3.8) is 0 Å². The van der Waals surface area contributed by atoms with Gasteiger partial charge in [-0.3, -0.25) is 0 Å². The fourth-order valence-electron chi connectivity index (χ4n) is 0.658. The van der Waals surface area contributed by atoms with Crippen LogP contribution in [0.4, 0.5) is 0 Å². The predicted octanol–water partition coefficient (Wildman–Crippen LogP) is 3.21. The van der Waals surface area contributed by atoms with Crippen LogP contribution in [0.1, 0.15) is 32.6 Å². The summed E-state index contributed by atoms with van der Waals surface area (Å²) in [5, 5.41) is 1.11. The Bertz CT molecular complexity index is 69.0. The highest BCUT2D eigenvalue weighted by molar-refractivity contribution is 7.83. The highest BCUT2D eigenvalue weighted by Gasteiger charge is 1.95. The molecule has 1 radical (unpaired) electrons. The molecule has 53 valence electrons. The highest BCUT2D eigenvalue weighted by Crippen LogP contribution is 2.15. The van der Waals surface area contributed by atoms with Gasteiger partial charge in [0.15, 0.2) is 0 Å². The average Bonchev–Trinajstić information content (AvgIpc) is 1.89. The van der Waals surface area contributed by atoms with Crippen LogP contribution in [0.3, 0.4) is 0 Å². The van der Waals surface area contributed by atoms with E-state index in [0.717, 1.165) is 11.7 Å². The van der Waals surface area contributed by atoms with Crippen LogP contribution in [0, 0.1) is 5.25 Å². The number of hydrogen-bond donors (Lipinski definition) is 1. The maximum absolute atomic E-state index is 4.20. The Balaban J connectivity index is 2.96. The van der Waals surface area contributed by atoms with E-state index in [2.05, 4.69) is 26.1 Å². The van der Waals surface area contributed by atoms with Crippen molar-refractivity contribution >= 4 is 12.6 Å². The molecule has 0 aromatic carbocycles. The fraction of sp³-hybridized carbons (Fsp3) is 0.625. The summed E-state index contributed by atoms with van der Waals surface area (Å²) in [5.74, 6) is 0. The first-order valence-electron chi connectivity index (χ1n) is 3.48. The van der Waals surface area contributed by atoms with Gasteiger partial charge < -0.3 is 0 Å². The summed E-state index contributed by atoms with van der Waals surface area (Å²) in [4.78, 5) is 0. The lowest BCUT2D eigenvalue weighted by atomic mass is 10.1. The second kappa shape index (κ2) is 6.21. The van der Waals surface area contributed by atoms with E-state index in [1.165, 1.54) is 19.3 Å². The minimum absolute atomic E-state index is 1.10. The molecule has 1 heteroatoms. The SMILES string of the molecule is C=C[C](S)CCCCC. The van der Waals surface area contributed by atoms with Gasteiger partial charge in [0.1, 0.15) is 0 Å². The first-order valence-corrected chi connectivity index (χ1v) is 3.93. The summed E-state index contributed by atoms with van der Waals surface area (Å²) < 4.78 is 0. The molecular weight excluding hydrogens is 128 g/mol. The molecular formula is C8H15S. The molecule has 0 saturated carbocycles. The summed E-state index contributed by atoms with van der Waals surface area (Å²) in [6.07, 6.45) is 6.75. The molecule has 0 aliphatic carbocycles. The molecule has 0 fully saturated rings. The lowest BCUT2D eigenvalue weighted by Gasteiger charge is -2.00. The summed E-state index contributed by atoms with van der Waals surface area (Å²) in [6, 6.07) is 0. The van der Waals surface area contributed by atoms with Gasteiger partial charge in [0.05, 0.1) is 0 Å². The third kappa shape index (κ3) is 5.97. The molecule has 0 aromatic rings. The van der Waals surface area contributed by atoms with Gasteiger partial charge in [-0.25, -0.2) is 0 Å². The van der Waals surface area contributed by atoms with Gasteiger partial charge in [-0.1, -0.05) is 32.3 Å². The maximum atomic E-state index is 4.20. The quantitative estimate of drug-likeness (QED) is 0.443. The zero-order chi connectivity index (χ0) is 7.11. The van der Waals surface area contributed by atoms with Gasteiger partial charge in [0, 0.05) is 5.25 Å². The third-order valence-corrected chi connectivity index (χ3v) is 1.68. The summed E-state index contributed by atoms with van der Waals surface area (Å²) >= 11 is 4.20. The molecule has 0 aliphatic heterocycles. The van der Waals surface area contributed by atoms with Crippen LogP contribution >= 0.6 is 12.6 Å². The van der Waals surface area contributed by atoms with Gasteiger partial charge in [-0.15, -0.1) is 6.58 Å². The number of unbranched alkanes of at least 4 members (excludes halogenated alkanes) is 2. The van der Waals surface area contributed by atoms with Crippen molar-refractivity contribution in [2.45, 2.75) is 32.6 Å². The largest absolute Gasteiger partial charge is 0.167 e. The van der Waals surface area contributed by atoms with Crippen LogP contribution in [-0.2, 0) is 0 Å². The zero-order valence-corrected chi connectivity index (χ0v) is 6.95. The molecule has 0 spiro atoms. The van der Waals surface area contributed by atoms with Gasteiger partial charge >= 0.3 is 0 Å². The molecule has 0 aliphatic rings. The normalized spacial score (nSPS) is 10.1. The molecule has 9 heavy (non-hydrogen) atoms. The van der Waals surface area contributed by atoms with E-state index >= 15 is 0 Å². The monoisotopic (exact) mass is 143 g/mol. The van der Waals surface area contributed by atoms with Crippen molar-refractivity contribution in [3.8, 4) is 0 Å². The van der Waals surface area contributed by atoms with Crippen LogP contribution < -0.4 is 0 Å². The number of hydrogen-bond acceptors (Lipinski definition) is 1. The predicted molar refractivity (Wildman–Crippen MR) is 46.6 cm³/mol. The Morgan fingerprint density at radius 2 is 2.22 bits per heavy atom. The molecule has 0 aromatic heterocycles. The Labute approximate surface area is 63.8 Å². The van der Waals surface area contributed by atoms with Crippen LogP contribution in [-0.4, -0.2) is 0 Å². The van der Waals surface area contributed by atoms with E-state index in [1.807, 2.05) is 6.08 Å². The Kier molecular flexibility index (Phi) is 6.28. The van der Waals surface area contributed by atoms with Crippen LogP contribution in [0.5, 0.6) is 0 Å². The lowest BCUT2D eigenvalue weighted by molar-refractivity contribution is 0.712. The molecule has 0 amide bonds. The molecule has 0 atom stereocenters. The number of thiol groups is 1. The minimum Gasteiger partial charge on any atom is -0.167 e. The van der Waals surface area contributed by atoms with E-state index in [4.69, 9.17) is 0 Å². The van der Waals surface area contributed by atoms with E-state index in [1.54, 1.807) is 0 Å². The average molecular weight is 143 g/mol. The summed E-state index contributed by atoms with van der Waals surface area (Å²) in [7, 11) is 0. The molecule has 0 rings (SSSR count). The first kappa shape index (κ1) is 9.09. The molecule has 0 nitrogen and oxygen atoms in total. The minimum atomic E-state index is 1.10. The van der Waals surface area contributed by atoms with E-state index in [0.29, 0.717) is 0 Å². The van der Waals surface area contributed by atoms with Crippen molar-refractivity contribution in [1.29, 1.82) is 0 Å².